The second kappa shape index (κ2) is 5.18. The molecule has 0 N–H and O–H groups in total. The van der Waals surface area contributed by atoms with Crippen LogP contribution in [0.2, 0.25) is 0 Å². The summed E-state index contributed by atoms with van der Waals surface area (Å²) >= 11 is 0. The first-order chi connectivity index (χ1) is 6.63. The average molecular weight is 196 g/mol. The van der Waals surface area contributed by atoms with Gasteiger partial charge in [0.25, 0.3) is 0 Å². The zero-order chi connectivity index (χ0) is 10.6. The maximum Gasteiger partial charge on any atom is 0.308 e. The van der Waals surface area contributed by atoms with Crippen LogP contribution in [0.15, 0.2) is 11.6 Å². The summed E-state index contributed by atoms with van der Waals surface area (Å²) in [4.78, 5) is 11.4. The Bertz CT molecular complexity index is 226. The fraction of sp³-hybridized carbons (Fsp3) is 0.750. The van der Waals surface area contributed by atoms with E-state index in [2.05, 4.69) is 19.9 Å². The summed E-state index contributed by atoms with van der Waals surface area (Å²) in [6.07, 6.45) is 6.62. The molecule has 0 amide bonds. The van der Waals surface area contributed by atoms with Crippen molar-refractivity contribution in [3.63, 3.8) is 0 Å². The van der Waals surface area contributed by atoms with Gasteiger partial charge < -0.3 is 4.74 Å². The highest BCUT2D eigenvalue weighted by atomic mass is 16.5. The first-order valence-corrected chi connectivity index (χ1v) is 5.36. The van der Waals surface area contributed by atoms with E-state index in [0.717, 1.165) is 19.3 Å². The molecule has 0 heterocycles. The fourth-order valence-corrected chi connectivity index (χ4v) is 2.23. The molecule has 80 valence electrons. The van der Waals surface area contributed by atoms with E-state index < -0.39 is 0 Å². The molecule has 1 rings (SSSR count). The third kappa shape index (κ3) is 3.17. The standard InChI is InChI=1S/C12H20O2/c1-9(2)7-10-5-4-6-11(8-10)12(13)14-3/h7,10-11H,4-6,8H2,1-3H3. The lowest BCUT2D eigenvalue weighted by Gasteiger charge is -2.25. The van der Waals surface area contributed by atoms with Gasteiger partial charge in [0.15, 0.2) is 0 Å². The highest BCUT2D eigenvalue weighted by Crippen LogP contribution is 2.31. The number of esters is 1. The third-order valence-electron chi connectivity index (χ3n) is 2.82. The van der Waals surface area contributed by atoms with Gasteiger partial charge in [0.1, 0.15) is 0 Å². The molecule has 0 bridgehead atoms. The zero-order valence-corrected chi connectivity index (χ0v) is 9.38. The summed E-state index contributed by atoms with van der Waals surface area (Å²) in [5.41, 5.74) is 1.35. The monoisotopic (exact) mass is 196 g/mol. The van der Waals surface area contributed by atoms with Gasteiger partial charge in [-0.15, -0.1) is 0 Å². The Balaban J connectivity index is 2.52. The Morgan fingerprint density at radius 1 is 1.36 bits per heavy atom. The molecular formula is C12H20O2. The van der Waals surface area contributed by atoms with E-state index in [1.165, 1.54) is 19.1 Å². The van der Waals surface area contributed by atoms with Gasteiger partial charge in [0, 0.05) is 0 Å². The molecule has 2 heteroatoms. The van der Waals surface area contributed by atoms with E-state index in [-0.39, 0.29) is 11.9 Å². The predicted octanol–water partition coefficient (Wildman–Crippen LogP) is 2.93. The third-order valence-corrected chi connectivity index (χ3v) is 2.82. The highest BCUT2D eigenvalue weighted by Gasteiger charge is 2.26. The first-order valence-electron chi connectivity index (χ1n) is 5.36. The van der Waals surface area contributed by atoms with Crippen molar-refractivity contribution in [1.82, 2.24) is 0 Å². The summed E-state index contributed by atoms with van der Waals surface area (Å²) < 4.78 is 4.78. The van der Waals surface area contributed by atoms with Gasteiger partial charge in [0.05, 0.1) is 13.0 Å². The molecule has 1 aliphatic rings. The number of carbonyl (C=O) groups is 1. The average Bonchev–Trinajstić information content (AvgIpc) is 2.16. The van der Waals surface area contributed by atoms with Crippen LogP contribution in [0.3, 0.4) is 0 Å². The Morgan fingerprint density at radius 3 is 2.64 bits per heavy atom. The molecule has 2 unspecified atom stereocenters. The van der Waals surface area contributed by atoms with Crippen LogP contribution in [0.1, 0.15) is 39.5 Å². The Labute approximate surface area is 86.3 Å². The second-order valence-electron chi connectivity index (χ2n) is 4.39. The summed E-state index contributed by atoms with van der Waals surface area (Å²) in [6, 6.07) is 0. The number of carbonyl (C=O) groups excluding carboxylic acids is 1. The summed E-state index contributed by atoms with van der Waals surface area (Å²) in [5.74, 6) is 0.684. The van der Waals surface area contributed by atoms with E-state index >= 15 is 0 Å². The smallest absolute Gasteiger partial charge is 0.308 e. The Kier molecular flexibility index (Phi) is 4.18. The van der Waals surface area contributed by atoms with E-state index in [1.807, 2.05) is 0 Å². The van der Waals surface area contributed by atoms with Crippen LogP contribution in [-0.2, 0) is 9.53 Å². The van der Waals surface area contributed by atoms with Crippen molar-refractivity contribution in [2.45, 2.75) is 39.5 Å². The fourth-order valence-electron chi connectivity index (χ4n) is 2.23. The van der Waals surface area contributed by atoms with Gasteiger partial charge >= 0.3 is 5.97 Å². The van der Waals surface area contributed by atoms with Gasteiger partial charge in [-0.25, -0.2) is 0 Å². The van der Waals surface area contributed by atoms with Gasteiger partial charge in [0.2, 0.25) is 0 Å². The molecule has 1 fully saturated rings. The molecule has 14 heavy (non-hydrogen) atoms. The summed E-state index contributed by atoms with van der Waals surface area (Å²) in [5, 5.41) is 0. The van der Waals surface area contributed by atoms with Crippen molar-refractivity contribution in [1.29, 1.82) is 0 Å². The van der Waals surface area contributed by atoms with Crippen molar-refractivity contribution in [3.05, 3.63) is 11.6 Å². The highest BCUT2D eigenvalue weighted by molar-refractivity contribution is 5.72. The molecule has 1 aliphatic carbocycles. The van der Waals surface area contributed by atoms with Gasteiger partial charge in [-0.3, -0.25) is 4.79 Å². The van der Waals surface area contributed by atoms with Gasteiger partial charge in [-0.05, 0) is 39.0 Å². The second-order valence-corrected chi connectivity index (χ2v) is 4.39. The Hall–Kier alpha value is -0.790. The van der Waals surface area contributed by atoms with Crippen LogP contribution in [0.5, 0.6) is 0 Å². The molecule has 0 aromatic heterocycles. The van der Waals surface area contributed by atoms with Crippen molar-refractivity contribution < 1.29 is 9.53 Å². The SMILES string of the molecule is COC(=O)C1CCCC(C=C(C)C)C1. The van der Waals surface area contributed by atoms with E-state index in [4.69, 9.17) is 4.74 Å². The minimum Gasteiger partial charge on any atom is -0.469 e. The van der Waals surface area contributed by atoms with Gasteiger partial charge in [-0.1, -0.05) is 18.1 Å². The summed E-state index contributed by atoms with van der Waals surface area (Å²) in [6.45, 7) is 4.23. The lowest BCUT2D eigenvalue weighted by atomic mass is 9.81. The number of allylic oxidation sites excluding steroid dienone is 2. The molecule has 0 radical (unpaired) electrons. The normalized spacial score (nSPS) is 26.8. The molecule has 0 spiro atoms. The number of hydrogen-bond acceptors (Lipinski definition) is 2. The molecular weight excluding hydrogens is 176 g/mol. The predicted molar refractivity (Wildman–Crippen MR) is 56.9 cm³/mol. The van der Waals surface area contributed by atoms with E-state index in [1.54, 1.807) is 0 Å². The maximum atomic E-state index is 11.4. The van der Waals surface area contributed by atoms with Crippen LogP contribution in [0, 0.1) is 11.8 Å². The first kappa shape index (κ1) is 11.3. The van der Waals surface area contributed by atoms with Crippen molar-refractivity contribution in [2.24, 2.45) is 11.8 Å². The van der Waals surface area contributed by atoms with Crippen LogP contribution in [0.4, 0.5) is 0 Å². The van der Waals surface area contributed by atoms with Crippen LogP contribution < -0.4 is 0 Å². The molecule has 1 saturated carbocycles. The lowest BCUT2D eigenvalue weighted by molar-refractivity contribution is -0.146. The Morgan fingerprint density at radius 2 is 2.07 bits per heavy atom. The van der Waals surface area contributed by atoms with Gasteiger partial charge in [-0.2, -0.15) is 0 Å². The zero-order valence-electron chi connectivity index (χ0n) is 9.38. The summed E-state index contributed by atoms with van der Waals surface area (Å²) in [7, 11) is 1.48. The number of ether oxygens (including phenoxy) is 1. The molecule has 2 atom stereocenters. The quantitative estimate of drug-likeness (QED) is 0.501. The largest absolute Gasteiger partial charge is 0.469 e. The molecule has 0 aromatic carbocycles. The molecule has 2 nitrogen and oxygen atoms in total. The van der Waals surface area contributed by atoms with E-state index in [9.17, 15) is 4.79 Å². The van der Waals surface area contributed by atoms with Crippen LogP contribution >= 0.6 is 0 Å². The lowest BCUT2D eigenvalue weighted by Crippen LogP contribution is -2.23. The minimum absolute atomic E-state index is 0.0307. The van der Waals surface area contributed by atoms with Crippen LogP contribution in [-0.4, -0.2) is 13.1 Å². The van der Waals surface area contributed by atoms with Crippen LogP contribution in [0.25, 0.3) is 0 Å². The van der Waals surface area contributed by atoms with Crippen molar-refractivity contribution in [3.8, 4) is 0 Å². The topological polar surface area (TPSA) is 26.3 Å². The van der Waals surface area contributed by atoms with Crippen molar-refractivity contribution in [2.75, 3.05) is 7.11 Å². The van der Waals surface area contributed by atoms with Crippen molar-refractivity contribution >= 4 is 5.97 Å². The number of hydrogen-bond donors (Lipinski definition) is 0. The number of methoxy groups -OCH3 is 1. The molecule has 0 aliphatic heterocycles. The maximum absolute atomic E-state index is 11.4. The molecule has 0 aromatic rings. The number of rotatable bonds is 2. The minimum atomic E-state index is -0.0307. The van der Waals surface area contributed by atoms with E-state index in [0.29, 0.717) is 5.92 Å². The molecule has 0 saturated heterocycles.